The molecule has 8 rings (SSSR count). The van der Waals surface area contributed by atoms with Crippen LogP contribution in [0.5, 0.6) is 11.5 Å². The van der Waals surface area contributed by atoms with Crippen LogP contribution in [0.15, 0.2) is 109 Å². The lowest BCUT2D eigenvalue weighted by Crippen LogP contribution is -2.53. The number of nitrogens with zero attached hydrogens (tertiary/aromatic N) is 2. The van der Waals surface area contributed by atoms with Gasteiger partial charge in [0.15, 0.2) is 0 Å². The molecule has 0 aromatic heterocycles. The molecule has 6 atom stereocenters. The average Bonchev–Trinajstić information content (AvgIpc) is 3.53. The number of benzene rings is 4. The third kappa shape index (κ3) is 5.58. The molecule has 53 heavy (non-hydrogen) atoms. The average molecular weight is 734 g/mol. The number of imide groups is 2. The number of hydrogen-bond acceptors (Lipinski definition) is 7. The number of rotatable bonds is 9. The third-order valence-corrected chi connectivity index (χ3v) is 11.6. The Hall–Kier alpha value is -5.48. The van der Waals surface area contributed by atoms with Gasteiger partial charge in [0.1, 0.15) is 23.9 Å². The van der Waals surface area contributed by atoms with Crippen LogP contribution < -0.4 is 10.2 Å². The first-order valence-corrected chi connectivity index (χ1v) is 18.2. The molecule has 2 saturated heterocycles. The molecule has 4 aromatic rings. The van der Waals surface area contributed by atoms with E-state index >= 15 is 4.79 Å². The molecule has 4 aliphatic rings. The highest BCUT2D eigenvalue weighted by atomic mass is 35.5. The van der Waals surface area contributed by atoms with Gasteiger partial charge in [-0.15, -0.1) is 0 Å². The molecule has 0 radical (unpaired) electrons. The summed E-state index contributed by atoms with van der Waals surface area (Å²) in [7, 11) is 0. The SMILES string of the molecule is CCCN1C(=O)C2CC=C3C(CC4C(=O)N(Nc5ccc(F)cc5)C(=O)C4(c4ccc(Cl)cc4)C3c3ccc(OCc4ccccc4)cc3O)C2C1=O. The van der Waals surface area contributed by atoms with Crippen molar-refractivity contribution in [1.82, 2.24) is 9.91 Å². The van der Waals surface area contributed by atoms with Gasteiger partial charge in [0, 0.05) is 29.1 Å². The summed E-state index contributed by atoms with van der Waals surface area (Å²) < 4.78 is 19.9. The fourth-order valence-electron chi connectivity index (χ4n) is 9.11. The Morgan fingerprint density at radius 1 is 0.906 bits per heavy atom. The number of fused-ring (bicyclic) bond motifs is 4. The van der Waals surface area contributed by atoms with Crippen LogP contribution in [0.3, 0.4) is 0 Å². The molecule has 2 N–H and O–H groups in total. The molecule has 4 amide bonds. The van der Waals surface area contributed by atoms with Crippen LogP contribution in [0.2, 0.25) is 5.02 Å². The Bertz CT molecular complexity index is 2140. The monoisotopic (exact) mass is 733 g/mol. The predicted molar refractivity (Wildman–Crippen MR) is 195 cm³/mol. The highest BCUT2D eigenvalue weighted by Gasteiger charge is 2.70. The number of anilines is 1. The van der Waals surface area contributed by atoms with Gasteiger partial charge < -0.3 is 9.84 Å². The van der Waals surface area contributed by atoms with E-state index in [-0.39, 0.29) is 37.0 Å². The zero-order valence-corrected chi connectivity index (χ0v) is 29.6. The minimum Gasteiger partial charge on any atom is -0.508 e. The summed E-state index contributed by atoms with van der Waals surface area (Å²) in [4.78, 5) is 59.1. The number of carbonyl (C=O) groups excluding carboxylic acids is 4. The lowest BCUT2D eigenvalue weighted by atomic mass is 9.49. The van der Waals surface area contributed by atoms with Crippen molar-refractivity contribution >= 4 is 40.9 Å². The summed E-state index contributed by atoms with van der Waals surface area (Å²) in [5, 5.41) is 13.3. The van der Waals surface area contributed by atoms with Gasteiger partial charge in [-0.1, -0.05) is 78.7 Å². The molecule has 0 spiro atoms. The summed E-state index contributed by atoms with van der Waals surface area (Å²) >= 11 is 6.37. The van der Waals surface area contributed by atoms with Crippen molar-refractivity contribution in [2.45, 2.75) is 44.1 Å². The molecule has 6 unspecified atom stereocenters. The second-order valence-corrected chi connectivity index (χ2v) is 14.6. The van der Waals surface area contributed by atoms with E-state index in [9.17, 15) is 23.9 Å². The Morgan fingerprint density at radius 3 is 2.34 bits per heavy atom. The molecule has 2 heterocycles. The van der Waals surface area contributed by atoms with Crippen molar-refractivity contribution < 1.29 is 33.4 Å². The standard InChI is InChI=1S/C42H37ClFN3O6/c1-2-20-46-38(49)32-19-18-30-33(36(32)40(46)51)22-34-39(50)47(45-28-14-12-27(44)13-15-28)41(52)42(34,25-8-10-26(43)11-9-25)37(30)31-17-16-29(21-35(31)48)53-23-24-6-4-3-5-7-24/h3-18,21,32-34,36-37,45,48H,2,19-20,22-23H2,1H3. The van der Waals surface area contributed by atoms with E-state index < -0.39 is 52.6 Å². The van der Waals surface area contributed by atoms with Gasteiger partial charge in [-0.2, -0.15) is 5.01 Å². The zero-order chi connectivity index (χ0) is 37.0. The van der Waals surface area contributed by atoms with Gasteiger partial charge in [0.25, 0.3) is 11.8 Å². The maximum absolute atomic E-state index is 15.3. The first kappa shape index (κ1) is 34.6. The highest BCUT2D eigenvalue weighted by Crippen LogP contribution is 2.65. The van der Waals surface area contributed by atoms with Crippen molar-refractivity contribution in [3.8, 4) is 11.5 Å². The van der Waals surface area contributed by atoms with Gasteiger partial charge in [0.05, 0.1) is 28.9 Å². The molecule has 270 valence electrons. The third-order valence-electron chi connectivity index (χ3n) is 11.4. The number of hydrogen-bond donors (Lipinski definition) is 2. The molecule has 11 heteroatoms. The number of phenolic OH excluding ortho intramolecular Hbond substituents is 1. The van der Waals surface area contributed by atoms with E-state index in [2.05, 4.69) is 5.43 Å². The molecular formula is C42H37ClFN3O6. The second kappa shape index (κ2) is 13.5. The maximum Gasteiger partial charge on any atom is 0.260 e. The predicted octanol–water partition coefficient (Wildman–Crippen LogP) is 7.16. The number of phenols is 1. The highest BCUT2D eigenvalue weighted by molar-refractivity contribution is 6.30. The Balaban J connectivity index is 1.30. The molecular weight excluding hydrogens is 697 g/mol. The number of likely N-dealkylation sites (tertiary alicyclic amines) is 1. The number of aromatic hydroxyl groups is 1. The second-order valence-electron chi connectivity index (χ2n) is 14.2. The van der Waals surface area contributed by atoms with Gasteiger partial charge in [-0.05, 0) is 78.8 Å². The van der Waals surface area contributed by atoms with Crippen molar-refractivity contribution in [1.29, 1.82) is 0 Å². The largest absolute Gasteiger partial charge is 0.508 e. The first-order chi connectivity index (χ1) is 25.6. The van der Waals surface area contributed by atoms with Crippen LogP contribution in [-0.2, 0) is 31.2 Å². The normalized spacial score (nSPS) is 26.2. The molecule has 0 bridgehead atoms. The van der Waals surface area contributed by atoms with Crippen LogP contribution in [0.1, 0.15) is 48.8 Å². The number of hydrazine groups is 1. The number of amides is 4. The minimum atomic E-state index is -1.61. The maximum atomic E-state index is 15.3. The number of carbonyl (C=O) groups is 4. The summed E-state index contributed by atoms with van der Waals surface area (Å²) in [6, 6.07) is 26.6. The summed E-state index contributed by atoms with van der Waals surface area (Å²) in [6.07, 6.45) is 2.93. The summed E-state index contributed by atoms with van der Waals surface area (Å²) in [6.45, 7) is 2.47. The number of halogens is 2. The lowest BCUT2D eigenvalue weighted by molar-refractivity contribution is -0.141. The first-order valence-electron chi connectivity index (χ1n) is 17.8. The van der Waals surface area contributed by atoms with Gasteiger partial charge in [-0.3, -0.25) is 29.5 Å². The topological polar surface area (TPSA) is 116 Å². The van der Waals surface area contributed by atoms with Gasteiger partial charge >= 0.3 is 0 Å². The van der Waals surface area contributed by atoms with E-state index in [1.807, 2.05) is 43.3 Å². The molecule has 1 saturated carbocycles. The van der Waals surface area contributed by atoms with Crippen molar-refractivity contribution in [2.75, 3.05) is 12.0 Å². The molecule has 2 aliphatic heterocycles. The van der Waals surface area contributed by atoms with E-state index in [1.54, 1.807) is 36.4 Å². The summed E-state index contributed by atoms with van der Waals surface area (Å²) in [5.41, 5.74) is 4.18. The zero-order valence-electron chi connectivity index (χ0n) is 28.9. The van der Waals surface area contributed by atoms with E-state index in [1.165, 1.54) is 35.2 Å². The molecule has 4 aromatic carbocycles. The number of allylic oxidation sites excluding steroid dienone is 2. The van der Waals surface area contributed by atoms with Crippen LogP contribution >= 0.6 is 11.6 Å². The molecule has 3 fully saturated rings. The van der Waals surface area contributed by atoms with Crippen LogP contribution in [0, 0.1) is 29.5 Å². The van der Waals surface area contributed by atoms with Crippen LogP contribution in [-0.4, -0.2) is 45.2 Å². The lowest BCUT2D eigenvalue weighted by Gasteiger charge is -2.50. The van der Waals surface area contributed by atoms with E-state index in [0.717, 1.165) is 16.1 Å². The van der Waals surface area contributed by atoms with Crippen molar-refractivity contribution in [3.63, 3.8) is 0 Å². The smallest absolute Gasteiger partial charge is 0.260 e. The van der Waals surface area contributed by atoms with Gasteiger partial charge in [0.2, 0.25) is 11.8 Å². The molecule has 2 aliphatic carbocycles. The fourth-order valence-corrected chi connectivity index (χ4v) is 9.23. The minimum absolute atomic E-state index is 0.107. The van der Waals surface area contributed by atoms with E-state index in [0.29, 0.717) is 40.6 Å². The Kier molecular flexibility index (Phi) is 8.81. The van der Waals surface area contributed by atoms with Crippen molar-refractivity contribution in [2.24, 2.45) is 23.7 Å². The van der Waals surface area contributed by atoms with Crippen LogP contribution in [0.4, 0.5) is 10.1 Å². The molecule has 9 nitrogen and oxygen atoms in total. The number of ether oxygens (including phenoxy) is 1. The van der Waals surface area contributed by atoms with Crippen molar-refractivity contribution in [3.05, 3.63) is 136 Å². The Morgan fingerprint density at radius 2 is 1.64 bits per heavy atom. The quantitative estimate of drug-likeness (QED) is 0.139. The Labute approximate surface area is 311 Å². The summed E-state index contributed by atoms with van der Waals surface area (Å²) in [5.74, 6) is -5.68. The number of nitrogens with one attached hydrogen (secondary N) is 1. The fraction of sp³-hybridized carbons (Fsp3) is 0.286. The van der Waals surface area contributed by atoms with Gasteiger partial charge in [-0.25, -0.2) is 4.39 Å². The van der Waals surface area contributed by atoms with E-state index in [4.69, 9.17) is 16.3 Å². The van der Waals surface area contributed by atoms with Crippen LogP contribution in [0.25, 0.3) is 0 Å².